The number of terminal acetylenes is 1. The van der Waals surface area contributed by atoms with Crippen LogP contribution in [0, 0.1) is 18.2 Å². The predicted octanol–water partition coefficient (Wildman–Crippen LogP) is 1.87. The van der Waals surface area contributed by atoms with Crippen LogP contribution in [0.5, 0.6) is 0 Å². The molecule has 1 heterocycles. The van der Waals surface area contributed by atoms with Crippen molar-refractivity contribution in [1.29, 1.82) is 0 Å². The summed E-state index contributed by atoms with van der Waals surface area (Å²) in [6, 6.07) is 2.65. The molecule has 1 aromatic carbocycles. The molecule has 0 unspecified atom stereocenters. The number of halogens is 2. The minimum Gasteiger partial charge on any atom is -0.349 e. The molecule has 0 saturated carbocycles. The molecular formula is C11H8ClFN2O. The Morgan fingerprint density at radius 2 is 2.38 bits per heavy atom. The van der Waals surface area contributed by atoms with Crippen LogP contribution in [0.1, 0.15) is 0 Å². The third-order valence-corrected chi connectivity index (χ3v) is 2.56. The zero-order chi connectivity index (χ0) is 11.7. The van der Waals surface area contributed by atoms with Gasteiger partial charge in [0.1, 0.15) is 5.82 Å². The monoisotopic (exact) mass is 238 g/mol. The summed E-state index contributed by atoms with van der Waals surface area (Å²) in [4.78, 5) is 13.0. The molecule has 0 saturated heterocycles. The van der Waals surface area contributed by atoms with E-state index in [0.717, 1.165) is 0 Å². The largest absolute Gasteiger partial charge is 0.349 e. The van der Waals surface area contributed by atoms with Gasteiger partial charge in [-0.1, -0.05) is 17.5 Å². The first-order chi connectivity index (χ1) is 7.61. The number of carbonyl (C=O) groups excluding carboxylic acids is 1. The maximum absolute atomic E-state index is 13.3. The van der Waals surface area contributed by atoms with Crippen LogP contribution >= 0.6 is 11.6 Å². The molecule has 0 bridgehead atoms. The number of fused-ring (bicyclic) bond motifs is 1. The van der Waals surface area contributed by atoms with Crippen LogP contribution in [0.3, 0.4) is 0 Å². The van der Waals surface area contributed by atoms with E-state index in [1.54, 1.807) is 4.90 Å². The second-order valence-corrected chi connectivity index (χ2v) is 3.80. The molecule has 0 aliphatic carbocycles. The normalized spacial score (nSPS) is 14.1. The Balaban J connectivity index is 2.49. The van der Waals surface area contributed by atoms with E-state index in [0.29, 0.717) is 11.4 Å². The fourth-order valence-corrected chi connectivity index (χ4v) is 1.76. The van der Waals surface area contributed by atoms with Crippen molar-refractivity contribution < 1.29 is 9.18 Å². The molecule has 1 aliphatic heterocycles. The highest BCUT2D eigenvalue weighted by Crippen LogP contribution is 2.33. The van der Waals surface area contributed by atoms with Crippen molar-refractivity contribution >= 4 is 28.9 Å². The van der Waals surface area contributed by atoms with Gasteiger partial charge in [0.25, 0.3) is 0 Å². The van der Waals surface area contributed by atoms with E-state index < -0.39 is 5.82 Å². The topological polar surface area (TPSA) is 32.3 Å². The van der Waals surface area contributed by atoms with Crippen molar-refractivity contribution in [3.63, 3.8) is 0 Å². The summed E-state index contributed by atoms with van der Waals surface area (Å²) in [6.45, 7) is 0.375. The first-order valence-electron chi connectivity index (χ1n) is 4.59. The molecule has 5 heteroatoms. The van der Waals surface area contributed by atoms with Gasteiger partial charge >= 0.3 is 0 Å². The second kappa shape index (κ2) is 4.03. The van der Waals surface area contributed by atoms with Crippen LogP contribution in [0.4, 0.5) is 15.8 Å². The van der Waals surface area contributed by atoms with Crippen LogP contribution in [-0.4, -0.2) is 19.0 Å². The van der Waals surface area contributed by atoms with Gasteiger partial charge in [-0.25, -0.2) is 4.39 Å². The molecule has 1 aliphatic rings. The Labute approximate surface area is 97.2 Å². The summed E-state index contributed by atoms with van der Waals surface area (Å²) in [5, 5.41) is 2.59. The maximum atomic E-state index is 13.3. The van der Waals surface area contributed by atoms with Gasteiger partial charge in [0.05, 0.1) is 29.5 Å². The zero-order valence-corrected chi connectivity index (χ0v) is 9.01. The minimum absolute atomic E-state index is 0.0263. The van der Waals surface area contributed by atoms with Crippen molar-refractivity contribution in [1.82, 2.24) is 0 Å². The highest BCUT2D eigenvalue weighted by Gasteiger charge is 2.22. The Morgan fingerprint density at radius 3 is 3.06 bits per heavy atom. The van der Waals surface area contributed by atoms with Gasteiger partial charge in [-0.15, -0.1) is 6.42 Å². The average Bonchev–Trinajstić information content (AvgIpc) is 2.21. The summed E-state index contributed by atoms with van der Waals surface area (Å²) in [5.41, 5.74) is 1.04. The number of nitrogens with one attached hydrogen (secondary N) is 1. The average molecular weight is 239 g/mol. The molecule has 16 heavy (non-hydrogen) atoms. The van der Waals surface area contributed by atoms with E-state index in [-0.39, 0.29) is 24.0 Å². The number of hydrogen-bond acceptors (Lipinski definition) is 2. The summed E-state index contributed by atoms with van der Waals surface area (Å²) < 4.78 is 13.3. The number of hydrogen-bond donors (Lipinski definition) is 1. The van der Waals surface area contributed by atoms with Crippen molar-refractivity contribution in [3.8, 4) is 12.3 Å². The molecule has 1 N–H and O–H groups in total. The molecule has 0 atom stereocenters. The van der Waals surface area contributed by atoms with Gasteiger partial charge < -0.3 is 10.2 Å². The molecular weight excluding hydrogens is 231 g/mol. The van der Waals surface area contributed by atoms with E-state index in [2.05, 4.69) is 11.2 Å². The number of amides is 1. The molecule has 1 amide bonds. The lowest BCUT2D eigenvalue weighted by Crippen LogP contribution is -2.38. The predicted molar refractivity (Wildman–Crippen MR) is 61.1 cm³/mol. The smallest absolute Gasteiger partial charge is 0.243 e. The first-order valence-corrected chi connectivity index (χ1v) is 4.97. The molecule has 2 rings (SSSR count). The third-order valence-electron chi connectivity index (χ3n) is 2.27. The fourth-order valence-electron chi connectivity index (χ4n) is 1.60. The van der Waals surface area contributed by atoms with E-state index in [1.165, 1.54) is 12.1 Å². The molecule has 3 nitrogen and oxygen atoms in total. The zero-order valence-electron chi connectivity index (χ0n) is 8.26. The van der Waals surface area contributed by atoms with Gasteiger partial charge in [0.15, 0.2) is 0 Å². The molecule has 0 aromatic heterocycles. The molecule has 0 spiro atoms. The molecule has 0 radical (unpaired) electrons. The SMILES string of the molecule is C#CCN1CC(=O)Nc2cc(Cl)c(F)cc21. The standard InChI is InChI=1S/C11H8ClFN2O/c1-2-3-15-6-11(16)14-9-4-7(12)8(13)5-10(9)15/h1,4-5H,3,6H2,(H,14,16). The lowest BCUT2D eigenvalue weighted by Gasteiger charge is -2.29. The minimum atomic E-state index is -0.529. The number of anilines is 2. The van der Waals surface area contributed by atoms with Crippen LogP contribution in [0.25, 0.3) is 0 Å². The lowest BCUT2D eigenvalue weighted by atomic mass is 10.2. The van der Waals surface area contributed by atoms with E-state index >= 15 is 0 Å². The lowest BCUT2D eigenvalue weighted by molar-refractivity contribution is -0.115. The van der Waals surface area contributed by atoms with Gasteiger partial charge in [-0.3, -0.25) is 4.79 Å². The summed E-state index contributed by atoms with van der Waals surface area (Å²) in [7, 11) is 0. The van der Waals surface area contributed by atoms with Gasteiger partial charge in [-0.05, 0) is 6.07 Å². The molecule has 0 fully saturated rings. The Kier molecular flexibility index (Phi) is 2.71. The summed E-state index contributed by atoms with van der Waals surface area (Å²) in [6.07, 6.45) is 5.19. The van der Waals surface area contributed by atoms with E-state index in [1.807, 2.05) is 0 Å². The van der Waals surface area contributed by atoms with Crippen LogP contribution in [-0.2, 0) is 4.79 Å². The van der Waals surface area contributed by atoms with Crippen LogP contribution < -0.4 is 10.2 Å². The van der Waals surface area contributed by atoms with Gasteiger partial charge in [0.2, 0.25) is 5.91 Å². The quantitative estimate of drug-likeness (QED) is 0.758. The van der Waals surface area contributed by atoms with Gasteiger partial charge in [0, 0.05) is 6.07 Å². The number of benzene rings is 1. The molecule has 82 valence electrons. The maximum Gasteiger partial charge on any atom is 0.243 e. The Bertz CT molecular complexity index is 495. The highest BCUT2D eigenvalue weighted by atomic mass is 35.5. The van der Waals surface area contributed by atoms with Gasteiger partial charge in [-0.2, -0.15) is 0 Å². The van der Waals surface area contributed by atoms with E-state index in [4.69, 9.17) is 18.0 Å². The number of rotatable bonds is 1. The number of carbonyl (C=O) groups is 1. The van der Waals surface area contributed by atoms with Crippen molar-refractivity contribution in [2.75, 3.05) is 23.3 Å². The fraction of sp³-hybridized carbons (Fsp3) is 0.182. The van der Waals surface area contributed by atoms with Crippen molar-refractivity contribution in [3.05, 3.63) is 23.0 Å². The summed E-state index contributed by atoms with van der Waals surface area (Å²) >= 11 is 5.63. The highest BCUT2D eigenvalue weighted by molar-refractivity contribution is 6.31. The first kappa shape index (κ1) is 10.8. The van der Waals surface area contributed by atoms with Crippen molar-refractivity contribution in [2.24, 2.45) is 0 Å². The Morgan fingerprint density at radius 1 is 1.62 bits per heavy atom. The Hall–Kier alpha value is -1.73. The third kappa shape index (κ3) is 1.82. The second-order valence-electron chi connectivity index (χ2n) is 3.39. The summed E-state index contributed by atoms with van der Waals surface area (Å²) in [5.74, 6) is 1.70. The van der Waals surface area contributed by atoms with Crippen LogP contribution in [0.15, 0.2) is 12.1 Å². The molecule has 1 aromatic rings. The van der Waals surface area contributed by atoms with E-state index in [9.17, 15) is 9.18 Å². The number of nitrogens with zero attached hydrogens (tertiary/aromatic N) is 1. The van der Waals surface area contributed by atoms with Crippen LogP contribution in [0.2, 0.25) is 5.02 Å². The van der Waals surface area contributed by atoms with Crippen molar-refractivity contribution in [2.45, 2.75) is 0 Å².